The minimum Gasteiger partial charge on any atom is -0.396 e. The van der Waals surface area contributed by atoms with Crippen molar-refractivity contribution in [2.75, 3.05) is 13.2 Å². The predicted octanol–water partition coefficient (Wildman–Crippen LogP) is 2.67. The maximum atomic E-state index is 8.79. The van der Waals surface area contributed by atoms with E-state index in [2.05, 4.69) is 43.4 Å². The van der Waals surface area contributed by atoms with Crippen LogP contribution < -0.4 is 5.32 Å². The van der Waals surface area contributed by atoms with Gasteiger partial charge in [0.05, 0.1) is 0 Å². The van der Waals surface area contributed by atoms with Gasteiger partial charge in [0.25, 0.3) is 0 Å². The maximum Gasteiger partial charge on any atom is 0.0431 e. The molecule has 1 aliphatic carbocycles. The fourth-order valence-electron chi connectivity index (χ4n) is 2.86. The van der Waals surface area contributed by atoms with Crippen LogP contribution in [-0.2, 0) is 6.42 Å². The molecule has 0 aromatic heterocycles. The first kappa shape index (κ1) is 12.6. The summed E-state index contributed by atoms with van der Waals surface area (Å²) < 4.78 is 0. The Morgan fingerprint density at radius 2 is 2.06 bits per heavy atom. The highest BCUT2D eigenvalue weighted by molar-refractivity contribution is 5.37. The van der Waals surface area contributed by atoms with Crippen molar-refractivity contribution in [2.45, 2.75) is 39.2 Å². The number of fused-ring (bicyclic) bond motifs is 1. The van der Waals surface area contributed by atoms with Gasteiger partial charge < -0.3 is 10.4 Å². The van der Waals surface area contributed by atoms with Crippen LogP contribution in [0.4, 0.5) is 0 Å². The molecule has 1 aromatic rings. The molecule has 17 heavy (non-hydrogen) atoms. The number of rotatable bonds is 5. The van der Waals surface area contributed by atoms with Crippen LogP contribution in [0, 0.1) is 5.41 Å². The topological polar surface area (TPSA) is 32.3 Å². The van der Waals surface area contributed by atoms with Gasteiger partial charge in [0, 0.05) is 12.6 Å². The van der Waals surface area contributed by atoms with Gasteiger partial charge in [0.1, 0.15) is 0 Å². The average Bonchev–Trinajstić information content (AvgIpc) is 2.55. The van der Waals surface area contributed by atoms with Crippen LogP contribution in [0.3, 0.4) is 0 Å². The Balaban J connectivity index is 2.04. The van der Waals surface area contributed by atoms with Crippen molar-refractivity contribution >= 4 is 0 Å². The summed E-state index contributed by atoms with van der Waals surface area (Å²) in [5.74, 6) is 0. The molecule has 2 heteroatoms. The van der Waals surface area contributed by atoms with E-state index < -0.39 is 0 Å². The summed E-state index contributed by atoms with van der Waals surface area (Å²) in [5, 5.41) is 12.4. The number of aliphatic hydroxyl groups excluding tert-OH is 1. The van der Waals surface area contributed by atoms with E-state index >= 15 is 0 Å². The molecule has 2 rings (SSSR count). The van der Waals surface area contributed by atoms with E-state index in [9.17, 15) is 0 Å². The van der Waals surface area contributed by atoms with Gasteiger partial charge in [-0.2, -0.15) is 0 Å². The molecule has 2 nitrogen and oxygen atoms in total. The number of hydrogen-bond donors (Lipinski definition) is 2. The third-order valence-electron chi connectivity index (χ3n) is 3.73. The standard InChI is InChI=1S/C15H23NO/c1-15(2)11-12-7-3-4-8-13(12)14(15)16-9-5-6-10-17/h3-4,7-8,14,16-17H,5-6,9-11H2,1-2H3. The van der Waals surface area contributed by atoms with Crippen LogP contribution in [0.25, 0.3) is 0 Å². The van der Waals surface area contributed by atoms with Gasteiger partial charge >= 0.3 is 0 Å². The molecule has 0 bridgehead atoms. The molecule has 0 radical (unpaired) electrons. The Morgan fingerprint density at radius 1 is 1.29 bits per heavy atom. The van der Waals surface area contributed by atoms with Gasteiger partial charge in [0.2, 0.25) is 0 Å². The Kier molecular flexibility index (Phi) is 3.85. The summed E-state index contributed by atoms with van der Waals surface area (Å²) in [6, 6.07) is 9.20. The first-order valence-electron chi connectivity index (χ1n) is 6.57. The fourth-order valence-corrected chi connectivity index (χ4v) is 2.86. The van der Waals surface area contributed by atoms with Crippen molar-refractivity contribution in [3.05, 3.63) is 35.4 Å². The van der Waals surface area contributed by atoms with Crippen molar-refractivity contribution in [1.82, 2.24) is 5.32 Å². The van der Waals surface area contributed by atoms with E-state index in [1.807, 2.05) is 0 Å². The van der Waals surface area contributed by atoms with Gasteiger partial charge in [-0.15, -0.1) is 0 Å². The average molecular weight is 233 g/mol. The van der Waals surface area contributed by atoms with Crippen LogP contribution in [0.5, 0.6) is 0 Å². The number of hydrogen-bond acceptors (Lipinski definition) is 2. The second-order valence-electron chi connectivity index (χ2n) is 5.68. The third kappa shape index (κ3) is 2.70. The lowest BCUT2D eigenvalue weighted by Gasteiger charge is -2.28. The maximum absolute atomic E-state index is 8.79. The zero-order valence-corrected chi connectivity index (χ0v) is 10.9. The SMILES string of the molecule is CC1(C)Cc2ccccc2C1NCCCCO. The number of nitrogens with one attached hydrogen (secondary N) is 1. The van der Waals surface area contributed by atoms with Gasteiger partial charge in [-0.05, 0) is 42.3 Å². The van der Waals surface area contributed by atoms with E-state index in [0.717, 1.165) is 25.8 Å². The molecule has 0 saturated carbocycles. The van der Waals surface area contributed by atoms with E-state index in [0.29, 0.717) is 18.1 Å². The van der Waals surface area contributed by atoms with Crippen molar-refractivity contribution in [3.8, 4) is 0 Å². The zero-order chi connectivity index (χ0) is 12.3. The van der Waals surface area contributed by atoms with Gasteiger partial charge in [0.15, 0.2) is 0 Å². The van der Waals surface area contributed by atoms with Crippen molar-refractivity contribution < 1.29 is 5.11 Å². The smallest absolute Gasteiger partial charge is 0.0431 e. The van der Waals surface area contributed by atoms with E-state index in [4.69, 9.17) is 5.11 Å². The molecule has 94 valence electrons. The zero-order valence-electron chi connectivity index (χ0n) is 10.9. The predicted molar refractivity (Wildman–Crippen MR) is 71.0 cm³/mol. The second kappa shape index (κ2) is 5.19. The molecular formula is C15H23NO. The summed E-state index contributed by atoms with van der Waals surface area (Å²) in [6.45, 7) is 5.95. The molecule has 0 heterocycles. The number of aliphatic hydroxyl groups is 1. The summed E-state index contributed by atoms with van der Waals surface area (Å²) in [6.07, 6.45) is 3.09. The van der Waals surface area contributed by atoms with Crippen molar-refractivity contribution in [3.63, 3.8) is 0 Å². The summed E-state index contributed by atoms with van der Waals surface area (Å²) in [5.41, 5.74) is 3.24. The molecule has 0 spiro atoms. The fraction of sp³-hybridized carbons (Fsp3) is 0.600. The lowest BCUT2D eigenvalue weighted by atomic mass is 9.85. The molecule has 1 aliphatic rings. The molecule has 0 saturated heterocycles. The molecule has 2 N–H and O–H groups in total. The minimum absolute atomic E-state index is 0.295. The Morgan fingerprint density at radius 3 is 2.82 bits per heavy atom. The molecule has 0 aliphatic heterocycles. The van der Waals surface area contributed by atoms with Crippen LogP contribution >= 0.6 is 0 Å². The van der Waals surface area contributed by atoms with Gasteiger partial charge in [-0.1, -0.05) is 38.1 Å². The van der Waals surface area contributed by atoms with Gasteiger partial charge in [-0.25, -0.2) is 0 Å². The highest BCUT2D eigenvalue weighted by atomic mass is 16.2. The Labute approximate surface area is 104 Å². The van der Waals surface area contributed by atoms with Crippen LogP contribution in [-0.4, -0.2) is 18.3 Å². The molecule has 0 fully saturated rings. The van der Waals surface area contributed by atoms with Crippen molar-refractivity contribution in [1.29, 1.82) is 0 Å². The van der Waals surface area contributed by atoms with Crippen LogP contribution in [0.1, 0.15) is 43.9 Å². The number of benzene rings is 1. The summed E-state index contributed by atoms with van der Waals surface area (Å²) in [7, 11) is 0. The second-order valence-corrected chi connectivity index (χ2v) is 5.68. The van der Waals surface area contributed by atoms with E-state index in [1.54, 1.807) is 0 Å². The van der Waals surface area contributed by atoms with Crippen LogP contribution in [0.2, 0.25) is 0 Å². The van der Waals surface area contributed by atoms with E-state index in [-0.39, 0.29) is 0 Å². The summed E-state index contributed by atoms with van der Waals surface area (Å²) in [4.78, 5) is 0. The molecular weight excluding hydrogens is 210 g/mol. The van der Waals surface area contributed by atoms with Gasteiger partial charge in [-0.3, -0.25) is 0 Å². The van der Waals surface area contributed by atoms with Crippen molar-refractivity contribution in [2.24, 2.45) is 5.41 Å². The highest BCUT2D eigenvalue weighted by Crippen LogP contribution is 2.44. The highest BCUT2D eigenvalue weighted by Gasteiger charge is 2.37. The molecule has 1 atom stereocenters. The quantitative estimate of drug-likeness (QED) is 0.766. The van der Waals surface area contributed by atoms with E-state index in [1.165, 1.54) is 11.1 Å². The first-order chi connectivity index (χ1) is 8.15. The first-order valence-corrected chi connectivity index (χ1v) is 6.57. The molecule has 1 unspecified atom stereocenters. The molecule has 1 aromatic carbocycles. The summed E-state index contributed by atoms with van der Waals surface area (Å²) >= 11 is 0. The Hall–Kier alpha value is -0.860. The largest absolute Gasteiger partial charge is 0.396 e. The monoisotopic (exact) mass is 233 g/mol. The normalized spacial score (nSPS) is 21.5. The molecule has 0 amide bonds. The third-order valence-corrected chi connectivity index (χ3v) is 3.73. The Bertz CT molecular complexity index is 373. The van der Waals surface area contributed by atoms with Crippen LogP contribution in [0.15, 0.2) is 24.3 Å². The lowest BCUT2D eigenvalue weighted by Crippen LogP contribution is -2.31. The number of unbranched alkanes of at least 4 members (excludes halogenated alkanes) is 1. The minimum atomic E-state index is 0.295. The lowest BCUT2D eigenvalue weighted by molar-refractivity contribution is 0.257.